The molecule has 124 valence electrons. The van der Waals surface area contributed by atoms with E-state index in [2.05, 4.69) is 16.0 Å². The van der Waals surface area contributed by atoms with Crippen LogP contribution in [-0.4, -0.2) is 29.8 Å². The van der Waals surface area contributed by atoms with Gasteiger partial charge in [-0.05, 0) is 49.1 Å². The maximum Gasteiger partial charge on any atom is 0.128 e. The summed E-state index contributed by atoms with van der Waals surface area (Å²) in [6.07, 6.45) is 4.16. The number of aliphatic hydroxyl groups is 1. The minimum absolute atomic E-state index is 0.0805. The minimum Gasteiger partial charge on any atom is -0.396 e. The molecule has 2 aromatic rings. The first-order valence-corrected chi connectivity index (χ1v) is 8.11. The summed E-state index contributed by atoms with van der Waals surface area (Å²) in [7, 11) is 0. The average molecular weight is 325 g/mol. The Morgan fingerprint density at radius 2 is 2.04 bits per heavy atom. The third-order valence-electron chi connectivity index (χ3n) is 4.69. The molecule has 1 saturated heterocycles. The Kier molecular flexibility index (Phi) is 4.77. The molecule has 0 bridgehead atoms. The minimum atomic E-state index is -0.258. The van der Waals surface area contributed by atoms with E-state index in [1.807, 2.05) is 6.07 Å². The molecule has 1 fully saturated rings. The largest absolute Gasteiger partial charge is 0.396 e. The van der Waals surface area contributed by atoms with E-state index in [9.17, 15) is 9.50 Å². The first-order valence-electron chi connectivity index (χ1n) is 8.11. The van der Waals surface area contributed by atoms with Crippen LogP contribution < -0.4 is 4.90 Å². The molecule has 1 atom stereocenters. The van der Waals surface area contributed by atoms with Crippen molar-refractivity contribution in [3.8, 4) is 6.07 Å². The van der Waals surface area contributed by atoms with Crippen LogP contribution in [0.25, 0.3) is 0 Å². The fourth-order valence-corrected chi connectivity index (χ4v) is 3.41. The predicted octanol–water partition coefficient (Wildman–Crippen LogP) is 2.91. The van der Waals surface area contributed by atoms with Crippen molar-refractivity contribution in [3.05, 3.63) is 59.5 Å². The lowest BCUT2D eigenvalue weighted by Crippen LogP contribution is -2.47. The molecule has 0 spiro atoms. The second-order valence-corrected chi connectivity index (χ2v) is 6.50. The monoisotopic (exact) mass is 325 g/mol. The number of hydrogen-bond acceptors (Lipinski definition) is 4. The number of benzene rings is 1. The van der Waals surface area contributed by atoms with Gasteiger partial charge in [-0.15, -0.1) is 0 Å². The van der Waals surface area contributed by atoms with Gasteiger partial charge < -0.3 is 10.0 Å². The van der Waals surface area contributed by atoms with Gasteiger partial charge in [0.25, 0.3) is 0 Å². The van der Waals surface area contributed by atoms with Crippen LogP contribution in [-0.2, 0) is 6.42 Å². The van der Waals surface area contributed by atoms with Crippen LogP contribution in [0.1, 0.15) is 24.0 Å². The van der Waals surface area contributed by atoms with E-state index in [4.69, 9.17) is 5.26 Å². The molecule has 0 radical (unpaired) electrons. The molecular weight excluding hydrogens is 305 g/mol. The molecule has 1 aliphatic heterocycles. The van der Waals surface area contributed by atoms with Crippen LogP contribution in [0.4, 0.5) is 10.2 Å². The van der Waals surface area contributed by atoms with Gasteiger partial charge in [-0.1, -0.05) is 12.1 Å². The van der Waals surface area contributed by atoms with Crippen molar-refractivity contribution in [3.63, 3.8) is 0 Å². The molecule has 5 heteroatoms. The summed E-state index contributed by atoms with van der Waals surface area (Å²) in [5.41, 5.74) is 1.31. The van der Waals surface area contributed by atoms with Gasteiger partial charge in [-0.25, -0.2) is 9.37 Å². The highest BCUT2D eigenvalue weighted by Gasteiger charge is 2.35. The van der Waals surface area contributed by atoms with E-state index < -0.39 is 0 Å². The molecule has 0 amide bonds. The first kappa shape index (κ1) is 16.4. The summed E-state index contributed by atoms with van der Waals surface area (Å²) < 4.78 is 13.1. The molecule has 0 saturated carbocycles. The number of piperidine rings is 1. The van der Waals surface area contributed by atoms with Gasteiger partial charge in [0.2, 0.25) is 0 Å². The highest BCUT2D eigenvalue weighted by molar-refractivity contribution is 5.42. The van der Waals surface area contributed by atoms with E-state index in [0.29, 0.717) is 18.5 Å². The number of aliphatic hydroxyl groups excluding tert-OH is 1. The highest BCUT2D eigenvalue weighted by Crippen LogP contribution is 2.35. The van der Waals surface area contributed by atoms with Crippen molar-refractivity contribution in [2.75, 3.05) is 24.6 Å². The van der Waals surface area contributed by atoms with Gasteiger partial charge in [0, 0.05) is 24.7 Å². The van der Waals surface area contributed by atoms with Crippen LogP contribution in [0.5, 0.6) is 0 Å². The third-order valence-corrected chi connectivity index (χ3v) is 4.69. The lowest BCUT2D eigenvalue weighted by Gasteiger charge is -2.42. The van der Waals surface area contributed by atoms with E-state index in [0.717, 1.165) is 30.8 Å². The number of nitriles is 1. The Labute approximate surface area is 141 Å². The zero-order valence-corrected chi connectivity index (χ0v) is 13.5. The van der Waals surface area contributed by atoms with Gasteiger partial charge in [0.1, 0.15) is 17.7 Å². The second-order valence-electron chi connectivity index (χ2n) is 6.50. The summed E-state index contributed by atoms with van der Waals surface area (Å²) in [6.45, 7) is 1.65. The summed E-state index contributed by atoms with van der Waals surface area (Å²) >= 11 is 0. The average Bonchev–Trinajstić information content (AvgIpc) is 2.64. The highest BCUT2D eigenvalue weighted by atomic mass is 19.1. The smallest absolute Gasteiger partial charge is 0.128 e. The van der Waals surface area contributed by atoms with Gasteiger partial charge in [-0.3, -0.25) is 0 Å². The molecule has 2 heterocycles. The molecule has 0 aliphatic carbocycles. The number of anilines is 1. The van der Waals surface area contributed by atoms with Gasteiger partial charge in [-0.2, -0.15) is 5.26 Å². The molecule has 0 unspecified atom stereocenters. The Balaban J connectivity index is 1.78. The lowest BCUT2D eigenvalue weighted by atomic mass is 9.75. The van der Waals surface area contributed by atoms with E-state index in [1.165, 1.54) is 12.1 Å². The molecule has 3 rings (SSSR count). The molecule has 1 aliphatic rings. The third kappa shape index (κ3) is 3.55. The summed E-state index contributed by atoms with van der Waals surface area (Å²) in [5.74, 6) is 0.578. The van der Waals surface area contributed by atoms with Crippen molar-refractivity contribution in [1.29, 1.82) is 5.26 Å². The van der Waals surface area contributed by atoms with Crippen molar-refractivity contribution in [2.45, 2.75) is 19.3 Å². The Morgan fingerprint density at radius 1 is 1.25 bits per heavy atom. The molecule has 24 heavy (non-hydrogen) atoms. The van der Waals surface area contributed by atoms with E-state index in [-0.39, 0.29) is 17.8 Å². The van der Waals surface area contributed by atoms with Crippen LogP contribution in [0, 0.1) is 22.6 Å². The standard InChI is InChI=1S/C19H20FN3O/c20-17-5-2-15(3-6-17)10-19(14-24)8-1-9-23(13-19)18-7-4-16(11-21)12-22-18/h2-7,12,24H,1,8-10,13-14H2/t19-/m1/s1. The number of halogens is 1. The molecule has 1 N–H and O–H groups in total. The van der Waals surface area contributed by atoms with E-state index >= 15 is 0 Å². The van der Waals surface area contributed by atoms with Gasteiger partial charge in [0.15, 0.2) is 0 Å². The lowest BCUT2D eigenvalue weighted by molar-refractivity contribution is 0.105. The normalized spacial score (nSPS) is 20.6. The molecule has 1 aromatic carbocycles. The summed E-state index contributed by atoms with van der Waals surface area (Å²) in [5, 5.41) is 18.9. The zero-order chi connectivity index (χ0) is 17.0. The van der Waals surface area contributed by atoms with E-state index in [1.54, 1.807) is 24.4 Å². The number of hydrogen-bond donors (Lipinski definition) is 1. The van der Waals surface area contributed by atoms with Crippen molar-refractivity contribution < 1.29 is 9.50 Å². The Hall–Kier alpha value is -2.45. The van der Waals surface area contributed by atoms with Gasteiger partial charge in [0.05, 0.1) is 12.2 Å². The first-order chi connectivity index (χ1) is 11.6. The molecular formula is C19H20FN3O. The predicted molar refractivity (Wildman–Crippen MR) is 90.0 cm³/mol. The number of pyridine rings is 1. The second kappa shape index (κ2) is 6.98. The fourth-order valence-electron chi connectivity index (χ4n) is 3.41. The quantitative estimate of drug-likeness (QED) is 0.939. The SMILES string of the molecule is N#Cc1ccc(N2CCC[C@@](CO)(Cc3ccc(F)cc3)C2)nc1. The Morgan fingerprint density at radius 3 is 2.67 bits per heavy atom. The fraction of sp³-hybridized carbons (Fsp3) is 0.368. The summed E-state index contributed by atoms with van der Waals surface area (Å²) in [4.78, 5) is 6.52. The Bertz CT molecular complexity index is 724. The van der Waals surface area contributed by atoms with Crippen molar-refractivity contribution in [1.82, 2.24) is 4.98 Å². The molecule has 1 aromatic heterocycles. The number of rotatable bonds is 4. The van der Waals surface area contributed by atoms with Crippen LogP contribution in [0.2, 0.25) is 0 Å². The van der Waals surface area contributed by atoms with Crippen LogP contribution in [0.15, 0.2) is 42.6 Å². The van der Waals surface area contributed by atoms with Crippen molar-refractivity contribution in [2.24, 2.45) is 5.41 Å². The van der Waals surface area contributed by atoms with Crippen LogP contribution in [0.3, 0.4) is 0 Å². The van der Waals surface area contributed by atoms with Gasteiger partial charge >= 0.3 is 0 Å². The maximum atomic E-state index is 13.1. The van der Waals surface area contributed by atoms with Crippen LogP contribution >= 0.6 is 0 Å². The number of nitrogens with zero attached hydrogens (tertiary/aromatic N) is 3. The summed E-state index contributed by atoms with van der Waals surface area (Å²) in [6, 6.07) is 12.2. The molecule has 4 nitrogen and oxygen atoms in total. The maximum absolute atomic E-state index is 13.1. The van der Waals surface area contributed by atoms with Crippen molar-refractivity contribution >= 4 is 5.82 Å². The number of aromatic nitrogens is 1. The topological polar surface area (TPSA) is 60.2 Å². The zero-order valence-electron chi connectivity index (χ0n) is 13.5.